The summed E-state index contributed by atoms with van der Waals surface area (Å²) >= 11 is 0. The van der Waals surface area contributed by atoms with Gasteiger partial charge in [-0.3, -0.25) is 4.68 Å². The lowest BCUT2D eigenvalue weighted by atomic mass is 10.1. The van der Waals surface area contributed by atoms with Gasteiger partial charge in [0, 0.05) is 43.9 Å². The lowest BCUT2D eigenvalue weighted by molar-refractivity contribution is -0.00805. The van der Waals surface area contributed by atoms with Gasteiger partial charge >= 0.3 is 0 Å². The molecule has 1 aliphatic rings. The van der Waals surface area contributed by atoms with Crippen molar-refractivity contribution in [1.82, 2.24) is 30.1 Å². The largest absolute Gasteiger partial charge is 0.370 e. The van der Waals surface area contributed by atoms with Crippen LogP contribution < -0.4 is 5.32 Å². The Labute approximate surface area is 211 Å². The van der Waals surface area contributed by atoms with Crippen LogP contribution >= 0.6 is 24.0 Å². The minimum Gasteiger partial charge on any atom is -0.370 e. The number of hydrogen-bond acceptors (Lipinski definition) is 6. The molecule has 0 amide bonds. The minimum atomic E-state index is -0.0144. The molecule has 33 heavy (non-hydrogen) atoms. The van der Waals surface area contributed by atoms with Crippen LogP contribution in [0.25, 0.3) is 11.5 Å². The Morgan fingerprint density at radius 2 is 2.18 bits per heavy atom. The first-order valence-electron chi connectivity index (χ1n) is 11.2. The van der Waals surface area contributed by atoms with Crippen molar-refractivity contribution in [2.24, 2.45) is 12.0 Å². The van der Waals surface area contributed by atoms with Crippen molar-refractivity contribution in [2.75, 3.05) is 26.2 Å². The van der Waals surface area contributed by atoms with Crippen molar-refractivity contribution in [3.63, 3.8) is 0 Å². The van der Waals surface area contributed by atoms with Crippen LogP contribution in [0.2, 0.25) is 0 Å². The summed E-state index contributed by atoms with van der Waals surface area (Å²) in [5.74, 6) is 2.19. The van der Waals surface area contributed by atoms with Gasteiger partial charge in [0.15, 0.2) is 11.8 Å². The molecule has 1 saturated heterocycles. The van der Waals surface area contributed by atoms with Crippen LogP contribution in [0, 0.1) is 0 Å². The number of aryl methyl sites for hydroxylation is 2. The molecule has 0 aliphatic carbocycles. The van der Waals surface area contributed by atoms with E-state index in [4.69, 9.17) is 14.3 Å². The molecule has 3 aromatic rings. The molecule has 1 aliphatic heterocycles. The third-order valence-corrected chi connectivity index (χ3v) is 5.32. The van der Waals surface area contributed by atoms with E-state index in [9.17, 15) is 0 Å². The van der Waals surface area contributed by atoms with Gasteiger partial charge in [-0.2, -0.15) is 10.1 Å². The average molecular weight is 565 g/mol. The zero-order valence-corrected chi connectivity index (χ0v) is 21.7. The molecule has 1 N–H and O–H groups in total. The Hall–Kier alpha value is -2.47. The van der Waals surface area contributed by atoms with Crippen molar-refractivity contribution < 1.29 is 9.26 Å². The number of morpholine rings is 1. The second kappa shape index (κ2) is 12.1. The molecule has 1 fully saturated rings. The molecule has 9 nitrogen and oxygen atoms in total. The number of hydrogen-bond donors (Lipinski definition) is 1. The van der Waals surface area contributed by atoms with E-state index in [0.29, 0.717) is 19.0 Å². The highest BCUT2D eigenvalue weighted by Crippen LogP contribution is 2.22. The molecular formula is C23H32IN7O2. The summed E-state index contributed by atoms with van der Waals surface area (Å²) in [6.07, 6.45) is 5.67. The van der Waals surface area contributed by atoms with Crippen LogP contribution in [0.5, 0.6) is 0 Å². The second-order valence-corrected chi connectivity index (χ2v) is 7.89. The van der Waals surface area contributed by atoms with Crippen LogP contribution in [-0.4, -0.2) is 57.0 Å². The predicted molar refractivity (Wildman–Crippen MR) is 137 cm³/mol. The van der Waals surface area contributed by atoms with Crippen LogP contribution in [0.1, 0.15) is 43.3 Å². The number of rotatable bonds is 7. The van der Waals surface area contributed by atoms with Crippen LogP contribution in [0.4, 0.5) is 0 Å². The number of nitrogens with one attached hydrogen (secondary N) is 1. The van der Waals surface area contributed by atoms with E-state index < -0.39 is 0 Å². The summed E-state index contributed by atoms with van der Waals surface area (Å²) in [6.45, 7) is 7.72. The molecule has 0 bridgehead atoms. The monoisotopic (exact) mass is 565 g/mol. The highest BCUT2D eigenvalue weighted by Gasteiger charge is 2.25. The van der Waals surface area contributed by atoms with E-state index in [1.807, 2.05) is 31.6 Å². The van der Waals surface area contributed by atoms with Gasteiger partial charge in [-0.25, -0.2) is 4.99 Å². The summed E-state index contributed by atoms with van der Waals surface area (Å²) < 4.78 is 13.2. The van der Waals surface area contributed by atoms with Gasteiger partial charge in [-0.15, -0.1) is 24.0 Å². The highest BCUT2D eigenvalue weighted by molar-refractivity contribution is 14.0. The van der Waals surface area contributed by atoms with Gasteiger partial charge in [0.2, 0.25) is 0 Å². The Balaban J connectivity index is 0.00000306. The molecule has 178 valence electrons. The number of aromatic nitrogens is 4. The lowest BCUT2D eigenvalue weighted by Gasteiger charge is -2.34. The number of guanidine groups is 1. The van der Waals surface area contributed by atoms with Crippen LogP contribution in [-0.2, 0) is 24.8 Å². The molecule has 10 heteroatoms. The molecule has 2 aromatic heterocycles. The smallest absolute Gasteiger partial charge is 0.257 e. The van der Waals surface area contributed by atoms with Crippen molar-refractivity contribution in [1.29, 1.82) is 0 Å². The fourth-order valence-electron chi connectivity index (χ4n) is 3.74. The number of nitrogens with zero attached hydrogens (tertiary/aromatic N) is 6. The van der Waals surface area contributed by atoms with Crippen molar-refractivity contribution in [2.45, 2.75) is 39.3 Å². The fraction of sp³-hybridized carbons (Fsp3) is 0.478. The first kappa shape index (κ1) is 25.2. The SMILES string of the molecule is CCCc1noc(-c2cccc(CN=C(NCC)N3CCOC(c4cnn(C)c4)C3)c2)n1.I. The summed E-state index contributed by atoms with van der Waals surface area (Å²) in [4.78, 5) is 11.6. The molecule has 1 atom stereocenters. The van der Waals surface area contributed by atoms with Gasteiger partial charge in [0.1, 0.15) is 6.10 Å². The van der Waals surface area contributed by atoms with E-state index in [-0.39, 0.29) is 30.1 Å². The van der Waals surface area contributed by atoms with Gasteiger partial charge in [0.05, 0.1) is 25.9 Å². The van der Waals surface area contributed by atoms with E-state index >= 15 is 0 Å². The first-order valence-corrected chi connectivity index (χ1v) is 11.2. The average Bonchev–Trinajstić information content (AvgIpc) is 3.46. The van der Waals surface area contributed by atoms with Crippen LogP contribution in [0.3, 0.4) is 0 Å². The summed E-state index contributed by atoms with van der Waals surface area (Å²) in [5, 5.41) is 11.8. The maximum Gasteiger partial charge on any atom is 0.257 e. The minimum absolute atomic E-state index is 0. The van der Waals surface area contributed by atoms with Gasteiger partial charge in [-0.1, -0.05) is 24.2 Å². The fourth-order valence-corrected chi connectivity index (χ4v) is 3.74. The zero-order valence-electron chi connectivity index (χ0n) is 19.4. The summed E-state index contributed by atoms with van der Waals surface area (Å²) in [5.41, 5.74) is 3.09. The predicted octanol–water partition coefficient (Wildman–Crippen LogP) is 3.58. The highest BCUT2D eigenvalue weighted by atomic mass is 127. The van der Waals surface area contributed by atoms with Crippen molar-refractivity contribution in [3.05, 3.63) is 53.6 Å². The third-order valence-electron chi connectivity index (χ3n) is 5.32. The molecule has 4 rings (SSSR count). The van der Waals surface area contributed by atoms with Gasteiger partial charge < -0.3 is 19.5 Å². The summed E-state index contributed by atoms with van der Waals surface area (Å²) in [6, 6.07) is 8.12. The zero-order chi connectivity index (χ0) is 22.3. The standard InChI is InChI=1S/C23H31N7O2.HI/c1-4-7-21-27-22(32-28-21)18-9-6-8-17(12-18)13-25-23(24-5-2)30-10-11-31-20(16-30)19-14-26-29(3)15-19;/h6,8-9,12,14-15,20H,4-5,7,10-11,13,16H2,1-3H3,(H,24,25);1H. The first-order chi connectivity index (χ1) is 15.7. The van der Waals surface area contributed by atoms with E-state index in [2.05, 4.69) is 51.4 Å². The number of halogens is 1. The molecule has 1 aromatic carbocycles. The number of benzene rings is 1. The molecule has 3 heterocycles. The van der Waals surface area contributed by atoms with Crippen LogP contribution in [0.15, 0.2) is 46.2 Å². The van der Waals surface area contributed by atoms with E-state index in [1.54, 1.807) is 4.68 Å². The Kier molecular flexibility index (Phi) is 9.24. The second-order valence-electron chi connectivity index (χ2n) is 7.89. The molecule has 0 radical (unpaired) electrons. The third kappa shape index (κ3) is 6.53. The Morgan fingerprint density at radius 1 is 1.30 bits per heavy atom. The Bertz CT molecular complexity index is 1050. The van der Waals surface area contributed by atoms with Crippen molar-refractivity contribution in [3.8, 4) is 11.5 Å². The van der Waals surface area contributed by atoms with Crippen molar-refractivity contribution >= 4 is 29.9 Å². The van der Waals surface area contributed by atoms with E-state index in [0.717, 1.165) is 61.0 Å². The Morgan fingerprint density at radius 3 is 2.94 bits per heavy atom. The molecule has 0 spiro atoms. The number of aliphatic imine (C=N–C) groups is 1. The number of ether oxygens (including phenoxy) is 1. The topological polar surface area (TPSA) is 93.6 Å². The maximum absolute atomic E-state index is 5.98. The maximum atomic E-state index is 5.98. The van der Waals surface area contributed by atoms with Gasteiger partial charge in [0.25, 0.3) is 5.89 Å². The van der Waals surface area contributed by atoms with E-state index in [1.165, 1.54) is 0 Å². The quantitative estimate of drug-likeness (QED) is 0.266. The molecule has 0 saturated carbocycles. The summed E-state index contributed by atoms with van der Waals surface area (Å²) in [7, 11) is 1.92. The van der Waals surface area contributed by atoms with Gasteiger partial charge in [-0.05, 0) is 31.0 Å². The lowest BCUT2D eigenvalue weighted by Crippen LogP contribution is -2.48. The normalized spacial score (nSPS) is 16.5. The molecule has 1 unspecified atom stereocenters. The molecular weight excluding hydrogens is 533 g/mol.